The molecule has 1 aliphatic heterocycles. The zero-order valence-corrected chi connectivity index (χ0v) is 12.7. The van der Waals surface area contributed by atoms with Crippen molar-refractivity contribution in [3.05, 3.63) is 24.0 Å². The average Bonchev–Trinajstić information content (AvgIpc) is 2.91. The van der Waals surface area contributed by atoms with Gasteiger partial charge in [-0.3, -0.25) is 9.29 Å². The second kappa shape index (κ2) is 6.85. The number of hydrogen-bond donors (Lipinski definition) is 0. The van der Waals surface area contributed by atoms with Crippen LogP contribution < -0.4 is 4.31 Å². The fourth-order valence-electron chi connectivity index (χ4n) is 2.29. The highest BCUT2D eigenvalue weighted by atomic mass is 32.2. The van der Waals surface area contributed by atoms with Crippen molar-refractivity contribution in [1.82, 2.24) is 9.29 Å². The zero-order chi connectivity index (χ0) is 15.3. The van der Waals surface area contributed by atoms with E-state index in [9.17, 15) is 8.42 Å². The molecule has 2 heterocycles. The lowest BCUT2D eigenvalue weighted by molar-refractivity contribution is 0.179. The molecule has 114 valence electrons. The van der Waals surface area contributed by atoms with E-state index >= 15 is 0 Å². The minimum absolute atomic E-state index is 0.153. The molecule has 0 spiro atoms. The number of anilines is 1. The molecule has 1 aromatic rings. The molecule has 0 saturated carbocycles. The summed E-state index contributed by atoms with van der Waals surface area (Å²) in [5.74, 6) is 0. The maximum absolute atomic E-state index is 12.8. The van der Waals surface area contributed by atoms with Crippen molar-refractivity contribution in [2.45, 2.75) is 12.8 Å². The van der Waals surface area contributed by atoms with E-state index in [0.717, 1.165) is 5.56 Å². The first kappa shape index (κ1) is 15.7. The summed E-state index contributed by atoms with van der Waals surface area (Å²) in [7, 11) is -2.13. The summed E-state index contributed by atoms with van der Waals surface area (Å²) in [4.78, 5) is 4.02. The number of hydrogen-bond acceptors (Lipinski definition) is 5. The van der Waals surface area contributed by atoms with Gasteiger partial charge in [-0.25, -0.2) is 0 Å². The highest BCUT2D eigenvalue weighted by Crippen LogP contribution is 2.30. The van der Waals surface area contributed by atoms with Gasteiger partial charge in [0, 0.05) is 45.6 Å². The molecule has 21 heavy (non-hydrogen) atoms. The standard InChI is InChI=1S/C13H18N4O3S/c1-20-10-9-16(7-2-5-14)21(18,19)17-8-4-12-11-15-6-3-13(12)17/h3,6,11H,2,4,7-10H2,1H3. The van der Waals surface area contributed by atoms with Gasteiger partial charge in [-0.05, 0) is 18.1 Å². The van der Waals surface area contributed by atoms with Crippen LogP contribution in [-0.2, 0) is 21.4 Å². The fourth-order valence-corrected chi connectivity index (χ4v) is 3.94. The van der Waals surface area contributed by atoms with E-state index in [2.05, 4.69) is 4.98 Å². The van der Waals surface area contributed by atoms with Crippen LogP contribution in [0.1, 0.15) is 12.0 Å². The third-order valence-electron chi connectivity index (χ3n) is 3.35. The lowest BCUT2D eigenvalue weighted by Crippen LogP contribution is -2.45. The number of ether oxygens (including phenoxy) is 1. The zero-order valence-electron chi connectivity index (χ0n) is 11.9. The third-order valence-corrected chi connectivity index (χ3v) is 5.31. The third kappa shape index (κ3) is 3.32. The highest BCUT2D eigenvalue weighted by molar-refractivity contribution is 7.90. The first-order valence-electron chi connectivity index (χ1n) is 6.68. The van der Waals surface area contributed by atoms with Gasteiger partial charge in [-0.1, -0.05) is 0 Å². The van der Waals surface area contributed by atoms with Crippen molar-refractivity contribution in [3.63, 3.8) is 0 Å². The van der Waals surface area contributed by atoms with Crippen LogP contribution >= 0.6 is 0 Å². The lowest BCUT2D eigenvalue weighted by Gasteiger charge is -2.28. The van der Waals surface area contributed by atoms with Crippen LogP contribution in [0.5, 0.6) is 0 Å². The van der Waals surface area contributed by atoms with Crippen molar-refractivity contribution in [3.8, 4) is 6.07 Å². The van der Waals surface area contributed by atoms with Gasteiger partial charge in [0.25, 0.3) is 0 Å². The molecule has 0 unspecified atom stereocenters. The van der Waals surface area contributed by atoms with Crippen LogP contribution in [-0.4, -0.2) is 51.1 Å². The van der Waals surface area contributed by atoms with Gasteiger partial charge in [-0.15, -0.1) is 0 Å². The van der Waals surface area contributed by atoms with E-state index in [-0.39, 0.29) is 19.5 Å². The topological polar surface area (TPSA) is 86.5 Å². The van der Waals surface area contributed by atoms with Gasteiger partial charge >= 0.3 is 10.2 Å². The van der Waals surface area contributed by atoms with Gasteiger partial charge in [0.15, 0.2) is 0 Å². The van der Waals surface area contributed by atoms with Crippen molar-refractivity contribution >= 4 is 15.9 Å². The fraction of sp³-hybridized carbons (Fsp3) is 0.538. The van der Waals surface area contributed by atoms with Crippen molar-refractivity contribution in [2.75, 3.05) is 37.7 Å². The maximum atomic E-state index is 12.8. The number of fused-ring (bicyclic) bond motifs is 1. The Labute approximate surface area is 124 Å². The summed E-state index contributed by atoms with van der Waals surface area (Å²) in [6.45, 7) is 1.09. The van der Waals surface area contributed by atoms with Crippen LogP contribution in [0.4, 0.5) is 5.69 Å². The Bertz CT molecular complexity index is 627. The molecule has 0 aromatic carbocycles. The van der Waals surface area contributed by atoms with Gasteiger partial charge in [0.05, 0.1) is 18.4 Å². The quantitative estimate of drug-likeness (QED) is 0.734. The second-order valence-electron chi connectivity index (χ2n) is 4.63. The van der Waals surface area contributed by atoms with Gasteiger partial charge < -0.3 is 4.74 Å². The Hall–Kier alpha value is -1.69. The molecule has 0 atom stereocenters. The summed E-state index contributed by atoms with van der Waals surface area (Å²) >= 11 is 0. The van der Waals surface area contributed by atoms with E-state index in [4.69, 9.17) is 10.00 Å². The Morgan fingerprint density at radius 1 is 1.52 bits per heavy atom. The van der Waals surface area contributed by atoms with Crippen LogP contribution in [0.2, 0.25) is 0 Å². The number of methoxy groups -OCH3 is 1. The Balaban J connectivity index is 2.24. The van der Waals surface area contributed by atoms with Crippen LogP contribution in [0.15, 0.2) is 18.5 Å². The Morgan fingerprint density at radius 3 is 3.05 bits per heavy atom. The van der Waals surface area contributed by atoms with Crippen molar-refractivity contribution in [2.24, 2.45) is 0 Å². The summed E-state index contributed by atoms with van der Waals surface area (Å²) in [5.41, 5.74) is 1.59. The molecule has 2 rings (SSSR count). The number of nitrogens with zero attached hydrogens (tertiary/aromatic N) is 4. The van der Waals surface area contributed by atoms with Crippen molar-refractivity contribution in [1.29, 1.82) is 5.26 Å². The predicted octanol–water partition coefficient (Wildman–Crippen LogP) is 0.551. The molecule has 0 aliphatic carbocycles. The first-order valence-corrected chi connectivity index (χ1v) is 8.07. The molecule has 8 heteroatoms. The smallest absolute Gasteiger partial charge is 0.304 e. The minimum Gasteiger partial charge on any atom is -0.383 e. The van der Waals surface area contributed by atoms with E-state index in [1.807, 2.05) is 6.07 Å². The van der Waals surface area contributed by atoms with E-state index in [1.165, 1.54) is 15.7 Å². The van der Waals surface area contributed by atoms with E-state index in [1.54, 1.807) is 18.5 Å². The van der Waals surface area contributed by atoms with Gasteiger partial charge in [0.1, 0.15) is 0 Å². The molecule has 0 fully saturated rings. The molecule has 0 amide bonds. The van der Waals surface area contributed by atoms with Crippen LogP contribution in [0, 0.1) is 11.3 Å². The number of pyridine rings is 1. The maximum Gasteiger partial charge on any atom is 0.304 e. The van der Waals surface area contributed by atoms with Crippen LogP contribution in [0.3, 0.4) is 0 Å². The molecule has 0 radical (unpaired) electrons. The molecular weight excluding hydrogens is 292 g/mol. The molecule has 0 N–H and O–H groups in total. The predicted molar refractivity (Wildman–Crippen MR) is 77.9 cm³/mol. The lowest BCUT2D eigenvalue weighted by atomic mass is 10.2. The largest absolute Gasteiger partial charge is 0.383 e. The second-order valence-corrected chi connectivity index (χ2v) is 6.49. The molecule has 7 nitrogen and oxygen atoms in total. The number of rotatable bonds is 7. The highest BCUT2D eigenvalue weighted by Gasteiger charge is 2.33. The minimum atomic E-state index is -3.65. The molecule has 0 bridgehead atoms. The summed E-state index contributed by atoms with van der Waals surface area (Å²) < 4.78 is 33.2. The first-order chi connectivity index (χ1) is 10.1. The molecule has 0 saturated heterocycles. The van der Waals surface area contributed by atoms with Crippen LogP contribution in [0.25, 0.3) is 0 Å². The average molecular weight is 310 g/mol. The van der Waals surface area contributed by atoms with Gasteiger partial charge in [-0.2, -0.15) is 18.0 Å². The molecule has 1 aliphatic rings. The van der Waals surface area contributed by atoms with E-state index in [0.29, 0.717) is 25.3 Å². The summed E-state index contributed by atoms with van der Waals surface area (Å²) in [6.07, 6.45) is 4.08. The number of aromatic nitrogens is 1. The van der Waals surface area contributed by atoms with Gasteiger partial charge in [0.2, 0.25) is 0 Å². The monoisotopic (exact) mass is 310 g/mol. The van der Waals surface area contributed by atoms with E-state index < -0.39 is 10.2 Å². The summed E-state index contributed by atoms with van der Waals surface area (Å²) in [5, 5.41) is 8.70. The number of nitriles is 1. The normalized spacial score (nSPS) is 14.2. The SMILES string of the molecule is COCCN(CCC#N)S(=O)(=O)N1CCc2cnccc21. The Morgan fingerprint density at radius 2 is 2.33 bits per heavy atom. The molecular formula is C13H18N4O3S. The molecule has 1 aromatic heterocycles. The van der Waals surface area contributed by atoms with Crippen molar-refractivity contribution < 1.29 is 13.2 Å². The summed E-state index contributed by atoms with van der Waals surface area (Å²) in [6, 6.07) is 3.69. The Kier molecular flexibility index (Phi) is 5.12.